The second-order valence-corrected chi connectivity index (χ2v) is 83.2. The monoisotopic (exact) mass is 1630 g/mol. The normalized spacial score (nSPS) is 15.4. The number of aromatic amines is 4. The Morgan fingerprint density at radius 3 is 0.435 bits per heavy atom. The van der Waals surface area contributed by atoms with E-state index in [1.54, 1.807) is 0 Å². The first-order chi connectivity index (χ1) is 48.6. The molecule has 0 aliphatic carbocycles. The lowest BCUT2D eigenvalue weighted by molar-refractivity contribution is 0.236. The van der Waals surface area contributed by atoms with Gasteiger partial charge in [-0.3, -0.25) is 0 Å². The van der Waals surface area contributed by atoms with Gasteiger partial charge in [-0.15, -0.1) is 0 Å². The predicted molar refractivity (Wildman–Crippen MR) is 488 cm³/mol. The number of fused-ring (bicyclic) bond motifs is 8. The fourth-order valence-electron chi connectivity index (χ4n) is 12.3. The van der Waals surface area contributed by atoms with Crippen LogP contribution in [0, 0.1) is 23.7 Å². The molecular weight excluding hydrogens is 1470 g/mol. The van der Waals surface area contributed by atoms with E-state index < -0.39 is 66.5 Å². The number of hydrogen-bond donors (Lipinski definition) is 4. The smallest absolute Gasteiger partial charge is 0.191 e. The van der Waals surface area contributed by atoms with Gasteiger partial charge in [-0.25, -0.2) is 0 Å². The third-order valence-electron chi connectivity index (χ3n) is 28.6. The van der Waals surface area contributed by atoms with E-state index >= 15 is 0 Å². The summed E-state index contributed by atoms with van der Waals surface area (Å²) in [6.45, 7) is 100. The second-order valence-electron chi connectivity index (χ2n) is 44.8. The Kier molecular flexibility index (Phi) is 32.1. The summed E-state index contributed by atoms with van der Waals surface area (Å²) < 4.78 is 58.2. The molecule has 0 saturated heterocycles. The number of hydrogen-bond acceptors (Lipinski definition) is 8. The lowest BCUT2D eigenvalue weighted by atomic mass is 9.90. The highest BCUT2D eigenvalue weighted by atomic mass is 28.4. The summed E-state index contributed by atoms with van der Waals surface area (Å²) in [5.41, 5.74) is 9.45. The molecule has 4 N–H and O–H groups in total. The minimum absolute atomic E-state index is 0.0476. The lowest BCUT2D eigenvalue weighted by Crippen LogP contribution is -2.42. The zero-order valence-corrected chi connectivity index (χ0v) is 85.5. The Labute approximate surface area is 671 Å². The molecule has 5 heterocycles. The summed E-state index contributed by atoms with van der Waals surface area (Å²) in [7, 11) is -17.2. The molecule has 0 amide bonds. The molecule has 0 radical (unpaired) electrons. The van der Waals surface area contributed by atoms with E-state index in [0.29, 0.717) is 52.9 Å². The van der Waals surface area contributed by atoms with Crippen LogP contribution in [0.1, 0.15) is 240 Å². The number of nitrogens with one attached hydrogen (secondary N) is 4. The van der Waals surface area contributed by atoms with Crippen molar-refractivity contribution in [2.45, 2.75) is 363 Å². The highest BCUT2D eigenvalue weighted by Gasteiger charge is 2.45. The molecule has 0 fully saturated rings. The van der Waals surface area contributed by atoms with E-state index in [2.05, 4.69) is 339 Å². The Morgan fingerprint density at radius 1 is 0.204 bits per heavy atom. The van der Waals surface area contributed by atoms with Crippen LogP contribution in [0.5, 0.6) is 0 Å². The molecule has 5 rings (SSSR count). The molecule has 0 aromatic carbocycles. The minimum atomic E-state index is -2.16. The first-order valence-electron chi connectivity index (χ1n) is 42.0. The van der Waals surface area contributed by atoms with Crippen molar-refractivity contribution in [3.05, 3.63) is 92.7 Å². The highest BCUT2D eigenvalue weighted by molar-refractivity contribution is 6.77. The second kappa shape index (κ2) is 35.9. The largest absolute Gasteiger partial charge is 0.417 e. The van der Waals surface area contributed by atoms with Gasteiger partial charge in [0.25, 0.3) is 0 Å². The molecule has 0 spiro atoms. The Hall–Kier alpha value is -1.98. The first-order valence-corrected chi connectivity index (χ1v) is 65.3. The predicted octanol–water partition coefficient (Wildman–Crippen LogP) is 23.9. The third kappa shape index (κ3) is 25.0. The van der Waals surface area contributed by atoms with Gasteiger partial charge in [-0.1, -0.05) is 166 Å². The quantitative estimate of drug-likeness (QED) is 0.0331. The average Bonchev–Trinajstić information content (AvgIpc) is 1.62. The Balaban J connectivity index is 2.12. The lowest BCUT2D eigenvalue weighted by Gasteiger charge is -2.37. The van der Waals surface area contributed by atoms with Crippen LogP contribution in [-0.2, 0) is 35.4 Å². The van der Waals surface area contributed by atoms with Gasteiger partial charge in [0.2, 0.25) is 0 Å². The molecule has 1 aliphatic heterocycles. The van der Waals surface area contributed by atoms with Crippen LogP contribution < -0.4 is 21.4 Å². The van der Waals surface area contributed by atoms with Gasteiger partial charge < -0.3 is 55.3 Å². The molecule has 4 aromatic rings. The highest BCUT2D eigenvalue weighted by Crippen LogP contribution is 2.46. The van der Waals surface area contributed by atoms with Gasteiger partial charge >= 0.3 is 0 Å². The molecular formula is C88H168N4O8Si8. The fraction of sp³-hybridized carbons (Fsp3) is 0.773. The summed E-state index contributed by atoms with van der Waals surface area (Å²) in [5.74, 6) is 0.190. The van der Waals surface area contributed by atoms with Crippen LogP contribution in [0.3, 0.4) is 0 Å². The van der Waals surface area contributed by atoms with Crippen molar-refractivity contribution in [3.8, 4) is 0 Å². The van der Waals surface area contributed by atoms with Gasteiger partial charge in [-0.05, 0) is 269 Å². The number of aromatic nitrogens is 4. The Morgan fingerprint density at radius 2 is 0.324 bits per heavy atom. The number of H-pyrrole nitrogens is 4. The van der Waals surface area contributed by atoms with Gasteiger partial charge in [-0.2, -0.15) is 0 Å². The molecule has 0 unspecified atom stereocenters. The summed E-state index contributed by atoms with van der Waals surface area (Å²) in [6, 6.07) is 19.2. The third-order valence-corrected chi connectivity index (χ3v) is 64.9. The van der Waals surface area contributed by atoms with Crippen LogP contribution in [0.15, 0.2) is 48.5 Å². The van der Waals surface area contributed by atoms with Crippen LogP contribution in [-0.4, -0.2) is 139 Å². The zero-order valence-electron chi connectivity index (χ0n) is 77.5. The van der Waals surface area contributed by atoms with Gasteiger partial charge in [0.1, 0.15) is 0 Å². The van der Waals surface area contributed by atoms with E-state index in [9.17, 15) is 0 Å². The van der Waals surface area contributed by atoms with Crippen molar-refractivity contribution >= 4 is 88.8 Å². The maximum absolute atomic E-state index is 7.27. The van der Waals surface area contributed by atoms with Crippen LogP contribution in [0.4, 0.5) is 0 Å². The van der Waals surface area contributed by atoms with Crippen molar-refractivity contribution in [1.82, 2.24) is 19.9 Å². The van der Waals surface area contributed by atoms with Crippen LogP contribution in [0.25, 0.3) is 22.3 Å². The van der Waals surface area contributed by atoms with Crippen molar-refractivity contribution < 1.29 is 35.4 Å². The van der Waals surface area contributed by atoms with E-state index in [1.807, 2.05) is 0 Å². The van der Waals surface area contributed by atoms with Crippen molar-refractivity contribution in [3.63, 3.8) is 0 Å². The molecule has 0 saturated carbocycles. The number of rotatable bonds is 36. The van der Waals surface area contributed by atoms with Gasteiger partial charge in [0.05, 0.1) is 0 Å². The van der Waals surface area contributed by atoms with E-state index in [4.69, 9.17) is 35.4 Å². The van der Waals surface area contributed by atoms with Gasteiger partial charge in [0, 0.05) is 119 Å². The fourth-order valence-corrected chi connectivity index (χ4v) is 20.8. The average molecular weight is 1640 g/mol. The first kappa shape index (κ1) is 96.6. The van der Waals surface area contributed by atoms with Crippen LogP contribution >= 0.6 is 0 Å². The van der Waals surface area contributed by atoms with Gasteiger partial charge in [0.15, 0.2) is 66.5 Å². The maximum atomic E-state index is 7.27. The van der Waals surface area contributed by atoms with Crippen molar-refractivity contribution in [1.29, 1.82) is 0 Å². The van der Waals surface area contributed by atoms with E-state index in [1.165, 1.54) is 22.3 Å². The molecule has 1 aliphatic rings. The molecule has 620 valence electrons. The molecule has 4 aromatic heterocycles. The van der Waals surface area contributed by atoms with E-state index in [0.717, 1.165) is 95.5 Å². The van der Waals surface area contributed by atoms with E-state index in [-0.39, 0.29) is 64.0 Å². The van der Waals surface area contributed by atoms with Crippen molar-refractivity contribution in [2.75, 3.05) is 52.9 Å². The topological polar surface area (TPSA) is 137 Å². The Bertz CT molecular complexity index is 3170. The standard InChI is InChI=1S/C88H168N4O8Si8/c1-81(2,3)101(25,26)93-57-49-65(50-58-94-102(27,28)82(4,5)6)77-69-41-43-71(89-69)78(66(51-59-95-103(29,30)83(7,8)9)52-60-96-104(31,32)84(10,11)12)73-45-47-75(91-73)80(68(55-63-99-107(37,38)87(19,20)21)56-64-100-108(39,40)88(22,23)24)76-48-46-74(92-76)79(72-44-42-70(77)90-72)67(53-61-97-105(33,34)85(13,14)15)54-62-98-106(35,36)86(16,17)18/h41-48,65-68,89-92H,49-64H2,1-40H3. The summed E-state index contributed by atoms with van der Waals surface area (Å²) in [5, 5.41) is 4.88. The van der Waals surface area contributed by atoms with Crippen LogP contribution in [0.2, 0.25) is 145 Å². The molecule has 20 heteroatoms. The molecule has 108 heavy (non-hydrogen) atoms. The molecule has 8 bridgehead atoms. The summed E-state index contributed by atoms with van der Waals surface area (Å²) in [4.78, 5) is 17.4. The van der Waals surface area contributed by atoms with Crippen molar-refractivity contribution in [2.24, 2.45) is 23.7 Å². The maximum Gasteiger partial charge on any atom is 0.191 e. The summed E-state index contributed by atoms with van der Waals surface area (Å²) >= 11 is 0. The molecule has 0 atom stereocenters. The SMILES string of the molecule is CC(C)(C)[Si](C)(C)OCCC(CCO[Si](C)(C)C(C)(C)C)C1=c2ccc([nH]2)=C(C(CCO[Si](C)(C)C(C)(C)C)CCO[Si](C)(C)C(C)(C)C)c2ccc([nH]2)C(C(CCO[Si](C)(C)C(C)(C)C)CCO[Si](C)(C)C(C)(C)C)=c2ccc([nH]2)=C(C(CCO[Si](C)(C)C(C)(C)C)CCO[Si](C)(C)C(C)(C)C)c2ccc1[nH]2. The summed E-state index contributed by atoms with van der Waals surface area (Å²) in [6.07, 6.45) is 6.64. The zero-order chi connectivity index (χ0) is 82.7. The molecule has 12 nitrogen and oxygen atoms in total. The minimum Gasteiger partial charge on any atom is -0.417 e.